The van der Waals surface area contributed by atoms with Crippen molar-refractivity contribution in [3.63, 3.8) is 0 Å². The molecule has 3 aromatic rings. The van der Waals surface area contributed by atoms with Gasteiger partial charge in [0, 0.05) is 38.2 Å². The van der Waals surface area contributed by atoms with E-state index in [9.17, 15) is 9.59 Å². The summed E-state index contributed by atoms with van der Waals surface area (Å²) in [6, 6.07) is 0. The number of imidazole rings is 1. The molecule has 1 amide bonds. The monoisotopic (exact) mass is 382 g/mol. The lowest BCUT2D eigenvalue weighted by molar-refractivity contribution is 0.0680. The van der Waals surface area contributed by atoms with Crippen LogP contribution < -0.4 is 5.56 Å². The number of amides is 1. The van der Waals surface area contributed by atoms with Crippen molar-refractivity contribution in [1.29, 1.82) is 0 Å². The summed E-state index contributed by atoms with van der Waals surface area (Å²) in [4.78, 5) is 41.8. The lowest BCUT2D eigenvalue weighted by Crippen LogP contribution is -2.41. The Morgan fingerprint density at radius 2 is 2.11 bits per heavy atom. The van der Waals surface area contributed by atoms with Gasteiger partial charge in [0.2, 0.25) is 0 Å². The van der Waals surface area contributed by atoms with Gasteiger partial charge < -0.3 is 14.5 Å². The molecule has 0 aliphatic carbocycles. The summed E-state index contributed by atoms with van der Waals surface area (Å²) in [7, 11) is 0. The maximum Gasteiger partial charge on any atom is 0.263 e. The number of hydrogen-bond acceptors (Lipinski definition) is 6. The fraction of sp³-hybridized carbons (Fsp3) is 0.444. The summed E-state index contributed by atoms with van der Waals surface area (Å²) in [5.74, 6) is 1.67. The van der Waals surface area contributed by atoms with Gasteiger partial charge in [0.05, 0.1) is 0 Å². The van der Waals surface area contributed by atoms with Crippen LogP contribution in [0.5, 0.6) is 0 Å². The third-order valence-corrected chi connectivity index (χ3v) is 5.14. The minimum absolute atomic E-state index is 0.0752. The van der Waals surface area contributed by atoms with Gasteiger partial charge in [-0.05, 0) is 25.7 Å². The molecule has 0 radical (unpaired) electrons. The standard InChI is InChI=1S/C18H22N8O2/c1-13-20-4-7-25(13)9-14-2-5-24(6-3-14)18(28)15-8-21-16(23-17(15)27)10-26-12-19-11-22-26/h4,7-8,11-12,14H,2-3,5-6,9-10H2,1H3,(H,21,23,27). The van der Waals surface area contributed by atoms with Gasteiger partial charge in [0.15, 0.2) is 0 Å². The zero-order valence-corrected chi connectivity index (χ0v) is 15.7. The van der Waals surface area contributed by atoms with E-state index in [-0.39, 0.29) is 11.5 Å². The Morgan fingerprint density at radius 1 is 1.29 bits per heavy atom. The van der Waals surface area contributed by atoms with E-state index < -0.39 is 5.56 Å². The van der Waals surface area contributed by atoms with Crippen molar-refractivity contribution in [3.05, 3.63) is 58.8 Å². The van der Waals surface area contributed by atoms with E-state index >= 15 is 0 Å². The second-order valence-corrected chi connectivity index (χ2v) is 7.03. The van der Waals surface area contributed by atoms with Gasteiger partial charge in [-0.3, -0.25) is 9.59 Å². The van der Waals surface area contributed by atoms with Gasteiger partial charge in [-0.2, -0.15) is 5.10 Å². The van der Waals surface area contributed by atoms with Crippen LogP contribution in [0.25, 0.3) is 0 Å². The maximum atomic E-state index is 12.7. The van der Waals surface area contributed by atoms with Crippen molar-refractivity contribution in [1.82, 2.24) is 39.2 Å². The van der Waals surface area contributed by atoms with Crippen LogP contribution >= 0.6 is 0 Å². The molecular weight excluding hydrogens is 360 g/mol. The molecule has 1 aliphatic rings. The normalized spacial score (nSPS) is 15.1. The summed E-state index contributed by atoms with van der Waals surface area (Å²) in [5.41, 5.74) is -0.350. The third kappa shape index (κ3) is 3.85. The predicted octanol–water partition coefficient (Wildman–Crippen LogP) is 0.467. The zero-order valence-electron chi connectivity index (χ0n) is 15.7. The summed E-state index contributed by atoms with van der Waals surface area (Å²) in [5, 5.41) is 3.97. The molecule has 4 heterocycles. The van der Waals surface area contributed by atoms with E-state index in [0.29, 0.717) is 31.4 Å². The smallest absolute Gasteiger partial charge is 0.263 e. The van der Waals surface area contributed by atoms with E-state index in [2.05, 4.69) is 29.6 Å². The van der Waals surface area contributed by atoms with Gasteiger partial charge >= 0.3 is 0 Å². The molecule has 10 heteroatoms. The molecule has 1 saturated heterocycles. The number of aryl methyl sites for hydroxylation is 1. The first-order valence-corrected chi connectivity index (χ1v) is 9.28. The predicted molar refractivity (Wildman–Crippen MR) is 99.6 cm³/mol. The fourth-order valence-corrected chi connectivity index (χ4v) is 3.50. The molecule has 28 heavy (non-hydrogen) atoms. The molecule has 10 nitrogen and oxygen atoms in total. The highest BCUT2D eigenvalue weighted by Crippen LogP contribution is 2.20. The maximum absolute atomic E-state index is 12.7. The van der Waals surface area contributed by atoms with Gasteiger partial charge in [-0.25, -0.2) is 19.6 Å². The highest BCUT2D eigenvalue weighted by atomic mass is 16.2. The Balaban J connectivity index is 1.37. The Labute approximate surface area is 161 Å². The van der Waals surface area contributed by atoms with Gasteiger partial charge in [-0.1, -0.05) is 0 Å². The van der Waals surface area contributed by atoms with E-state index in [1.165, 1.54) is 18.9 Å². The number of rotatable bonds is 5. The van der Waals surface area contributed by atoms with Crippen molar-refractivity contribution in [2.24, 2.45) is 5.92 Å². The first kappa shape index (κ1) is 18.1. The van der Waals surface area contributed by atoms with Crippen molar-refractivity contribution < 1.29 is 4.79 Å². The lowest BCUT2D eigenvalue weighted by atomic mass is 9.96. The number of H-pyrrole nitrogens is 1. The largest absolute Gasteiger partial charge is 0.338 e. The third-order valence-electron chi connectivity index (χ3n) is 5.14. The molecular formula is C18H22N8O2. The highest BCUT2D eigenvalue weighted by molar-refractivity contribution is 5.93. The minimum Gasteiger partial charge on any atom is -0.338 e. The number of hydrogen-bond donors (Lipinski definition) is 1. The molecule has 0 bridgehead atoms. The number of nitrogens with one attached hydrogen (secondary N) is 1. The topological polar surface area (TPSA) is 115 Å². The zero-order chi connectivity index (χ0) is 19.5. The van der Waals surface area contributed by atoms with Gasteiger partial charge in [0.1, 0.15) is 36.4 Å². The van der Waals surface area contributed by atoms with Gasteiger partial charge in [-0.15, -0.1) is 0 Å². The van der Waals surface area contributed by atoms with Crippen molar-refractivity contribution in [2.75, 3.05) is 13.1 Å². The molecule has 0 saturated carbocycles. The number of nitrogens with zero attached hydrogens (tertiary/aromatic N) is 7. The number of carbonyl (C=O) groups excluding carboxylic acids is 1. The summed E-state index contributed by atoms with van der Waals surface area (Å²) >= 11 is 0. The molecule has 146 valence electrons. The number of carbonyl (C=O) groups is 1. The van der Waals surface area contributed by atoms with E-state index in [1.807, 2.05) is 13.1 Å². The Morgan fingerprint density at radius 3 is 2.75 bits per heavy atom. The Hall–Kier alpha value is -3.30. The van der Waals surface area contributed by atoms with E-state index in [1.54, 1.807) is 15.8 Å². The van der Waals surface area contributed by atoms with Crippen molar-refractivity contribution in [3.8, 4) is 0 Å². The Bertz CT molecular complexity index is 999. The summed E-state index contributed by atoms with van der Waals surface area (Å²) in [6.07, 6.45) is 9.90. The van der Waals surface area contributed by atoms with Crippen LogP contribution in [-0.2, 0) is 13.1 Å². The van der Waals surface area contributed by atoms with Crippen molar-refractivity contribution in [2.45, 2.75) is 32.9 Å². The van der Waals surface area contributed by atoms with Crippen LogP contribution in [0, 0.1) is 12.8 Å². The number of likely N-dealkylation sites (tertiary alicyclic amines) is 1. The van der Waals surface area contributed by atoms with E-state index in [4.69, 9.17) is 0 Å². The number of aromatic amines is 1. The molecule has 1 fully saturated rings. The molecule has 4 rings (SSSR count). The summed E-state index contributed by atoms with van der Waals surface area (Å²) in [6.45, 7) is 4.47. The van der Waals surface area contributed by atoms with Crippen LogP contribution in [0.3, 0.4) is 0 Å². The molecule has 1 aliphatic heterocycles. The van der Waals surface area contributed by atoms with Crippen LogP contribution in [0.1, 0.15) is 34.8 Å². The second kappa shape index (κ2) is 7.75. The first-order chi connectivity index (χ1) is 13.6. The fourth-order valence-electron chi connectivity index (χ4n) is 3.50. The quantitative estimate of drug-likeness (QED) is 0.686. The van der Waals surface area contributed by atoms with Crippen molar-refractivity contribution >= 4 is 5.91 Å². The molecule has 0 atom stereocenters. The number of piperidine rings is 1. The molecule has 0 aromatic carbocycles. The van der Waals surface area contributed by atoms with Crippen LogP contribution in [-0.4, -0.2) is 58.2 Å². The summed E-state index contributed by atoms with van der Waals surface area (Å²) < 4.78 is 3.69. The molecule has 1 N–H and O–H groups in total. The lowest BCUT2D eigenvalue weighted by Gasteiger charge is -2.32. The minimum atomic E-state index is -0.425. The van der Waals surface area contributed by atoms with E-state index in [0.717, 1.165) is 25.2 Å². The average Bonchev–Trinajstić information content (AvgIpc) is 3.34. The Kier molecular flexibility index (Phi) is 5.00. The molecule has 0 unspecified atom stereocenters. The number of aromatic nitrogens is 7. The second-order valence-electron chi connectivity index (χ2n) is 7.03. The highest BCUT2D eigenvalue weighted by Gasteiger charge is 2.26. The SMILES string of the molecule is Cc1nccn1CC1CCN(C(=O)c2cnc(Cn3cncn3)[nH]c2=O)CC1. The average molecular weight is 382 g/mol. The first-order valence-electron chi connectivity index (χ1n) is 9.28. The molecule has 0 spiro atoms. The van der Waals surface area contributed by atoms with Gasteiger partial charge in [0.25, 0.3) is 11.5 Å². The van der Waals surface area contributed by atoms with Crippen LogP contribution in [0.4, 0.5) is 0 Å². The van der Waals surface area contributed by atoms with Crippen LogP contribution in [0.2, 0.25) is 0 Å². The molecule has 3 aromatic heterocycles. The van der Waals surface area contributed by atoms with Crippen LogP contribution in [0.15, 0.2) is 36.0 Å².